The van der Waals surface area contributed by atoms with E-state index in [1.54, 1.807) is 0 Å². The second-order valence-corrected chi connectivity index (χ2v) is 6.21. The maximum absolute atomic E-state index is 11.3. The van der Waals surface area contributed by atoms with Gasteiger partial charge in [-0.15, -0.1) is 0 Å². The van der Waals surface area contributed by atoms with Crippen molar-refractivity contribution < 1.29 is 9.66 Å². The summed E-state index contributed by atoms with van der Waals surface area (Å²) in [5, 5.41) is 15.4. The van der Waals surface area contributed by atoms with Crippen molar-refractivity contribution in [2.24, 2.45) is 0 Å². The molecule has 0 radical (unpaired) electrons. The summed E-state index contributed by atoms with van der Waals surface area (Å²) in [6.07, 6.45) is 3.03. The third kappa shape index (κ3) is 3.08. The second kappa shape index (κ2) is 6.10. The van der Waals surface area contributed by atoms with Gasteiger partial charge >= 0.3 is 5.69 Å². The number of fused-ring (bicyclic) bond motifs is 1. The van der Waals surface area contributed by atoms with Gasteiger partial charge in [0.05, 0.1) is 10.4 Å². The molecule has 0 saturated carbocycles. The molecule has 0 amide bonds. The predicted molar refractivity (Wildman–Crippen MR) is 88.6 cm³/mol. The standard InChI is InChI=1S/C14H14IN3O3/c15-9-1-2-12-11(7-9)14(13(8-16-12)18(19)20)17-10-3-5-21-6-4-10/h1-2,7-8,10H,3-6H2,(H,16,17). The molecule has 0 aliphatic carbocycles. The van der Waals surface area contributed by atoms with Crippen LogP contribution in [-0.4, -0.2) is 29.2 Å². The summed E-state index contributed by atoms with van der Waals surface area (Å²) in [6.45, 7) is 1.37. The number of nitrogens with one attached hydrogen (secondary N) is 1. The van der Waals surface area contributed by atoms with Gasteiger partial charge in [-0.3, -0.25) is 10.1 Å². The molecule has 2 aromatic rings. The summed E-state index contributed by atoms with van der Waals surface area (Å²) in [4.78, 5) is 15.1. The van der Waals surface area contributed by atoms with Gasteiger partial charge in [-0.25, -0.2) is 4.98 Å². The van der Waals surface area contributed by atoms with Crippen molar-refractivity contribution in [2.45, 2.75) is 18.9 Å². The first-order valence-electron chi connectivity index (χ1n) is 6.72. The molecule has 0 bridgehead atoms. The molecule has 1 aromatic carbocycles. The Labute approximate surface area is 135 Å². The summed E-state index contributed by atoms with van der Waals surface area (Å²) in [5.74, 6) is 0. The Bertz CT molecular complexity index is 686. The van der Waals surface area contributed by atoms with Gasteiger partial charge in [0.15, 0.2) is 0 Å². The van der Waals surface area contributed by atoms with Gasteiger partial charge in [-0.05, 0) is 53.6 Å². The molecular weight excluding hydrogens is 385 g/mol. The summed E-state index contributed by atoms with van der Waals surface area (Å²) < 4.78 is 6.36. The van der Waals surface area contributed by atoms with Gasteiger partial charge in [0.2, 0.25) is 0 Å². The van der Waals surface area contributed by atoms with Crippen molar-refractivity contribution in [1.29, 1.82) is 0 Å². The highest BCUT2D eigenvalue weighted by Crippen LogP contribution is 2.33. The van der Waals surface area contributed by atoms with E-state index in [1.165, 1.54) is 6.20 Å². The van der Waals surface area contributed by atoms with Crippen LogP contribution in [0, 0.1) is 13.7 Å². The fourth-order valence-corrected chi connectivity index (χ4v) is 2.98. The monoisotopic (exact) mass is 399 g/mol. The van der Waals surface area contributed by atoms with Crippen LogP contribution in [0.5, 0.6) is 0 Å². The first-order chi connectivity index (χ1) is 10.1. The topological polar surface area (TPSA) is 77.3 Å². The maximum atomic E-state index is 11.3. The fourth-order valence-electron chi connectivity index (χ4n) is 2.49. The largest absolute Gasteiger partial charge is 0.381 e. The summed E-state index contributed by atoms with van der Waals surface area (Å²) >= 11 is 2.20. The third-order valence-electron chi connectivity index (χ3n) is 3.58. The van der Waals surface area contributed by atoms with Gasteiger partial charge in [0, 0.05) is 28.2 Å². The van der Waals surface area contributed by atoms with E-state index < -0.39 is 0 Å². The van der Waals surface area contributed by atoms with Crippen LogP contribution >= 0.6 is 22.6 Å². The minimum atomic E-state index is -0.381. The zero-order valence-corrected chi connectivity index (χ0v) is 13.4. The first-order valence-corrected chi connectivity index (χ1v) is 7.80. The molecule has 0 atom stereocenters. The lowest BCUT2D eigenvalue weighted by atomic mass is 10.1. The van der Waals surface area contributed by atoms with Gasteiger partial charge in [0.25, 0.3) is 0 Å². The average molecular weight is 399 g/mol. The molecule has 21 heavy (non-hydrogen) atoms. The van der Waals surface area contributed by atoms with E-state index in [0.717, 1.165) is 27.3 Å². The van der Waals surface area contributed by atoms with E-state index in [1.807, 2.05) is 18.2 Å². The lowest BCUT2D eigenvalue weighted by Crippen LogP contribution is -2.28. The number of aromatic nitrogens is 1. The van der Waals surface area contributed by atoms with E-state index in [0.29, 0.717) is 18.9 Å². The summed E-state index contributed by atoms with van der Waals surface area (Å²) in [7, 11) is 0. The molecular formula is C14H14IN3O3. The summed E-state index contributed by atoms with van der Waals surface area (Å²) in [6, 6.07) is 5.95. The highest BCUT2D eigenvalue weighted by Gasteiger charge is 2.22. The van der Waals surface area contributed by atoms with Gasteiger partial charge in [-0.2, -0.15) is 0 Å². The Morgan fingerprint density at radius 1 is 1.38 bits per heavy atom. The molecule has 1 aliphatic rings. The minimum absolute atomic E-state index is 0.0241. The first kappa shape index (κ1) is 14.5. The molecule has 7 heteroatoms. The number of hydrogen-bond donors (Lipinski definition) is 1. The smallest absolute Gasteiger partial charge is 0.311 e. The van der Waals surface area contributed by atoms with Crippen LogP contribution in [0.25, 0.3) is 10.9 Å². The van der Waals surface area contributed by atoms with Gasteiger partial charge in [-0.1, -0.05) is 0 Å². The van der Waals surface area contributed by atoms with Crippen molar-refractivity contribution in [3.8, 4) is 0 Å². The second-order valence-electron chi connectivity index (χ2n) is 4.97. The average Bonchev–Trinajstić information content (AvgIpc) is 2.48. The molecule has 0 spiro atoms. The zero-order chi connectivity index (χ0) is 14.8. The summed E-state index contributed by atoms with van der Waals surface area (Å²) in [5.41, 5.74) is 1.35. The Kier molecular flexibility index (Phi) is 4.20. The number of nitrogens with zero attached hydrogens (tertiary/aromatic N) is 2. The lowest BCUT2D eigenvalue weighted by Gasteiger charge is -2.24. The Morgan fingerprint density at radius 2 is 2.14 bits per heavy atom. The van der Waals surface area contributed by atoms with E-state index >= 15 is 0 Å². The van der Waals surface area contributed by atoms with Crippen LogP contribution in [0.15, 0.2) is 24.4 Å². The van der Waals surface area contributed by atoms with Crippen LogP contribution in [-0.2, 0) is 4.74 Å². The lowest BCUT2D eigenvalue weighted by molar-refractivity contribution is -0.384. The molecule has 1 fully saturated rings. The Morgan fingerprint density at radius 3 is 2.86 bits per heavy atom. The number of ether oxygens (including phenoxy) is 1. The van der Waals surface area contributed by atoms with E-state index in [2.05, 4.69) is 32.9 Å². The normalized spacial score (nSPS) is 16.0. The quantitative estimate of drug-likeness (QED) is 0.487. The molecule has 1 N–H and O–H groups in total. The molecule has 6 nitrogen and oxygen atoms in total. The minimum Gasteiger partial charge on any atom is -0.381 e. The number of halogens is 1. The Hall–Kier alpha value is -1.48. The van der Waals surface area contributed by atoms with Crippen molar-refractivity contribution >= 4 is 44.9 Å². The number of hydrogen-bond acceptors (Lipinski definition) is 5. The highest BCUT2D eigenvalue weighted by molar-refractivity contribution is 14.1. The predicted octanol–water partition coefficient (Wildman–Crippen LogP) is 3.34. The van der Waals surface area contributed by atoms with Crippen molar-refractivity contribution in [3.05, 3.63) is 38.1 Å². The third-order valence-corrected chi connectivity index (χ3v) is 4.25. The zero-order valence-electron chi connectivity index (χ0n) is 11.2. The molecule has 110 valence electrons. The molecule has 1 aliphatic heterocycles. The van der Waals surface area contributed by atoms with E-state index in [4.69, 9.17) is 4.74 Å². The van der Waals surface area contributed by atoms with Crippen LogP contribution in [0.1, 0.15) is 12.8 Å². The highest BCUT2D eigenvalue weighted by atomic mass is 127. The van der Waals surface area contributed by atoms with Crippen LogP contribution in [0.2, 0.25) is 0 Å². The molecule has 1 aromatic heterocycles. The number of pyridine rings is 1. The molecule has 0 unspecified atom stereocenters. The SMILES string of the molecule is O=[N+]([O-])c1cnc2ccc(I)cc2c1NC1CCOCC1. The molecule has 1 saturated heterocycles. The van der Waals surface area contributed by atoms with Crippen LogP contribution in [0.4, 0.5) is 11.4 Å². The van der Waals surface area contributed by atoms with Gasteiger partial charge < -0.3 is 10.1 Å². The van der Waals surface area contributed by atoms with Crippen molar-refractivity contribution in [3.63, 3.8) is 0 Å². The van der Waals surface area contributed by atoms with E-state index in [-0.39, 0.29) is 16.7 Å². The van der Waals surface area contributed by atoms with Crippen molar-refractivity contribution in [2.75, 3.05) is 18.5 Å². The fraction of sp³-hybridized carbons (Fsp3) is 0.357. The molecule has 3 rings (SSSR count). The number of rotatable bonds is 3. The Balaban J connectivity index is 2.08. The molecule has 2 heterocycles. The van der Waals surface area contributed by atoms with Gasteiger partial charge in [0.1, 0.15) is 11.9 Å². The number of benzene rings is 1. The number of anilines is 1. The van der Waals surface area contributed by atoms with Crippen LogP contribution < -0.4 is 5.32 Å². The maximum Gasteiger partial charge on any atom is 0.311 e. The number of nitro groups is 1. The van der Waals surface area contributed by atoms with E-state index in [9.17, 15) is 10.1 Å². The van der Waals surface area contributed by atoms with Crippen LogP contribution in [0.3, 0.4) is 0 Å². The van der Waals surface area contributed by atoms with Crippen molar-refractivity contribution in [1.82, 2.24) is 4.98 Å².